The molecule has 0 radical (unpaired) electrons. The van der Waals surface area contributed by atoms with Gasteiger partial charge in [-0.1, -0.05) is 17.7 Å². The van der Waals surface area contributed by atoms with Gasteiger partial charge in [0.1, 0.15) is 11.5 Å². The Balaban J connectivity index is 2.54. The number of carbonyl (C=O) groups is 1. The van der Waals surface area contributed by atoms with Crippen molar-refractivity contribution in [3.63, 3.8) is 0 Å². The number of hydrogen-bond donors (Lipinski definition) is 1. The molecule has 0 bridgehead atoms. The fourth-order valence-corrected chi connectivity index (χ4v) is 1.44. The fourth-order valence-electron chi connectivity index (χ4n) is 1.32. The van der Waals surface area contributed by atoms with E-state index >= 15 is 0 Å². The molecule has 1 aromatic carbocycles. The Morgan fingerprint density at radius 3 is 2.81 bits per heavy atom. The largest absolute Gasteiger partial charge is 0.293 e. The summed E-state index contributed by atoms with van der Waals surface area (Å²) >= 11 is 5.56. The molecule has 0 atom stereocenters. The van der Waals surface area contributed by atoms with E-state index in [2.05, 4.69) is 15.4 Å². The minimum atomic E-state index is -0.559. The van der Waals surface area contributed by atoms with Crippen LogP contribution in [0.5, 0.6) is 0 Å². The van der Waals surface area contributed by atoms with Crippen LogP contribution < -0.4 is 0 Å². The lowest BCUT2D eigenvalue weighted by atomic mass is 10.1. The van der Waals surface area contributed by atoms with E-state index in [1.165, 1.54) is 19.1 Å². The minimum absolute atomic E-state index is 0.0246. The van der Waals surface area contributed by atoms with Crippen LogP contribution in [0.1, 0.15) is 17.4 Å². The highest BCUT2D eigenvalue weighted by Gasteiger charge is 2.15. The molecule has 2 rings (SSSR count). The van der Waals surface area contributed by atoms with E-state index in [4.69, 9.17) is 11.6 Å². The number of hydrogen-bond acceptors (Lipinski definition) is 3. The number of aromatic amines is 1. The summed E-state index contributed by atoms with van der Waals surface area (Å²) in [5.74, 6) is -0.796. The molecule has 0 saturated carbocycles. The van der Waals surface area contributed by atoms with Gasteiger partial charge in [-0.2, -0.15) is 15.4 Å². The molecule has 0 spiro atoms. The summed E-state index contributed by atoms with van der Waals surface area (Å²) in [7, 11) is 0. The first-order valence-corrected chi connectivity index (χ1v) is 4.84. The third-order valence-corrected chi connectivity index (χ3v) is 2.38. The first-order valence-electron chi connectivity index (χ1n) is 4.46. The van der Waals surface area contributed by atoms with Crippen molar-refractivity contribution >= 4 is 17.4 Å². The predicted octanol–water partition coefficient (Wildman–Crippen LogP) is 2.47. The number of ketones is 1. The van der Waals surface area contributed by atoms with Crippen molar-refractivity contribution in [2.24, 2.45) is 0 Å². The molecule has 0 aliphatic rings. The summed E-state index contributed by atoms with van der Waals surface area (Å²) < 4.78 is 13.2. The van der Waals surface area contributed by atoms with E-state index in [1.807, 2.05) is 0 Å². The molecule has 1 aromatic heterocycles. The summed E-state index contributed by atoms with van der Waals surface area (Å²) in [5, 5.41) is 9.88. The SMILES string of the molecule is CC(=O)c1n[nH]nc1-c1ccc(Cl)c(F)c1. The molecule has 0 saturated heterocycles. The Morgan fingerprint density at radius 2 is 2.19 bits per heavy atom. The molecule has 16 heavy (non-hydrogen) atoms. The Bertz CT molecular complexity index is 553. The second-order valence-electron chi connectivity index (χ2n) is 3.21. The highest BCUT2D eigenvalue weighted by molar-refractivity contribution is 6.30. The van der Waals surface area contributed by atoms with Crippen LogP contribution in [-0.2, 0) is 0 Å². The van der Waals surface area contributed by atoms with Crippen LogP contribution in [0.4, 0.5) is 4.39 Å². The standard InChI is InChI=1S/C10H7ClFN3O/c1-5(16)9-10(14-15-13-9)6-2-3-7(11)8(12)4-6/h2-4H,1H3,(H,13,14,15). The summed E-state index contributed by atoms with van der Waals surface area (Å²) in [4.78, 5) is 11.2. The van der Waals surface area contributed by atoms with Gasteiger partial charge in [0.2, 0.25) is 0 Å². The Morgan fingerprint density at radius 1 is 1.44 bits per heavy atom. The van der Waals surface area contributed by atoms with Crippen LogP contribution in [0.25, 0.3) is 11.3 Å². The van der Waals surface area contributed by atoms with Crippen molar-refractivity contribution in [2.45, 2.75) is 6.92 Å². The number of carbonyl (C=O) groups excluding carboxylic acids is 1. The Kier molecular flexibility index (Phi) is 2.70. The van der Waals surface area contributed by atoms with Gasteiger partial charge in [0.15, 0.2) is 11.5 Å². The molecule has 0 aliphatic carbocycles. The molecule has 2 aromatic rings. The van der Waals surface area contributed by atoms with E-state index in [0.29, 0.717) is 11.3 Å². The topological polar surface area (TPSA) is 58.6 Å². The number of halogens is 2. The quantitative estimate of drug-likeness (QED) is 0.819. The van der Waals surface area contributed by atoms with Gasteiger partial charge >= 0.3 is 0 Å². The zero-order valence-corrected chi connectivity index (χ0v) is 9.05. The molecule has 1 N–H and O–H groups in total. The van der Waals surface area contributed by atoms with Gasteiger partial charge < -0.3 is 0 Å². The van der Waals surface area contributed by atoms with E-state index in [-0.39, 0.29) is 16.5 Å². The Labute approximate surface area is 95.4 Å². The molecule has 0 unspecified atom stereocenters. The summed E-state index contributed by atoms with van der Waals surface area (Å²) in [5.41, 5.74) is 0.964. The lowest BCUT2D eigenvalue weighted by Crippen LogP contribution is -1.95. The van der Waals surface area contributed by atoms with E-state index < -0.39 is 5.82 Å². The van der Waals surface area contributed by atoms with Gasteiger partial charge in [-0.3, -0.25) is 4.79 Å². The van der Waals surface area contributed by atoms with Crippen LogP contribution in [0, 0.1) is 5.82 Å². The van der Waals surface area contributed by atoms with Crippen LogP contribution >= 0.6 is 11.6 Å². The maximum absolute atomic E-state index is 13.2. The Hall–Kier alpha value is -1.75. The minimum Gasteiger partial charge on any atom is -0.293 e. The number of Topliss-reactive ketones (excluding diaryl/α,β-unsaturated/α-hetero) is 1. The summed E-state index contributed by atoms with van der Waals surface area (Å²) in [6.07, 6.45) is 0. The number of H-pyrrole nitrogens is 1. The maximum atomic E-state index is 13.2. The molecule has 0 amide bonds. The second-order valence-corrected chi connectivity index (χ2v) is 3.61. The highest BCUT2D eigenvalue weighted by atomic mass is 35.5. The first kappa shape index (κ1) is 10.8. The van der Waals surface area contributed by atoms with Gasteiger partial charge in [-0.05, 0) is 12.1 Å². The van der Waals surface area contributed by atoms with Crippen LogP contribution in [-0.4, -0.2) is 21.2 Å². The van der Waals surface area contributed by atoms with Gasteiger partial charge in [-0.25, -0.2) is 4.39 Å². The fraction of sp³-hybridized carbons (Fsp3) is 0.100. The molecular formula is C10H7ClFN3O. The van der Waals surface area contributed by atoms with Gasteiger partial charge in [0, 0.05) is 12.5 Å². The lowest BCUT2D eigenvalue weighted by Gasteiger charge is -1.99. The number of rotatable bonds is 2. The van der Waals surface area contributed by atoms with Crippen molar-refractivity contribution < 1.29 is 9.18 Å². The van der Waals surface area contributed by atoms with Crippen molar-refractivity contribution in [3.8, 4) is 11.3 Å². The molecular weight excluding hydrogens is 233 g/mol. The molecule has 0 aliphatic heterocycles. The molecule has 0 fully saturated rings. The van der Waals surface area contributed by atoms with Crippen molar-refractivity contribution in [3.05, 3.63) is 34.7 Å². The van der Waals surface area contributed by atoms with Crippen LogP contribution in [0.15, 0.2) is 18.2 Å². The number of nitrogens with zero attached hydrogens (tertiary/aromatic N) is 2. The van der Waals surface area contributed by atoms with E-state index in [0.717, 1.165) is 0 Å². The summed E-state index contributed by atoms with van der Waals surface area (Å²) in [6, 6.07) is 4.20. The van der Waals surface area contributed by atoms with Gasteiger partial charge in [0.25, 0.3) is 0 Å². The summed E-state index contributed by atoms with van der Waals surface area (Å²) in [6.45, 7) is 1.37. The number of nitrogens with one attached hydrogen (secondary N) is 1. The molecule has 82 valence electrons. The van der Waals surface area contributed by atoms with Crippen LogP contribution in [0.2, 0.25) is 5.02 Å². The van der Waals surface area contributed by atoms with Crippen LogP contribution in [0.3, 0.4) is 0 Å². The van der Waals surface area contributed by atoms with Gasteiger partial charge in [-0.15, -0.1) is 0 Å². The average molecular weight is 240 g/mol. The van der Waals surface area contributed by atoms with Gasteiger partial charge in [0.05, 0.1) is 5.02 Å². The zero-order chi connectivity index (χ0) is 11.7. The first-order chi connectivity index (χ1) is 7.59. The smallest absolute Gasteiger partial charge is 0.182 e. The average Bonchev–Trinajstić information content (AvgIpc) is 2.71. The van der Waals surface area contributed by atoms with Crippen molar-refractivity contribution in [1.82, 2.24) is 15.4 Å². The molecule has 6 heteroatoms. The predicted molar refractivity (Wildman–Crippen MR) is 56.8 cm³/mol. The third-order valence-electron chi connectivity index (χ3n) is 2.07. The van der Waals surface area contributed by atoms with Crippen molar-refractivity contribution in [1.29, 1.82) is 0 Å². The van der Waals surface area contributed by atoms with E-state index in [1.54, 1.807) is 6.07 Å². The molecule has 1 heterocycles. The number of benzene rings is 1. The van der Waals surface area contributed by atoms with E-state index in [9.17, 15) is 9.18 Å². The normalized spacial score (nSPS) is 10.4. The number of aromatic nitrogens is 3. The second kappa shape index (κ2) is 4.02. The monoisotopic (exact) mass is 239 g/mol. The zero-order valence-electron chi connectivity index (χ0n) is 8.29. The highest BCUT2D eigenvalue weighted by Crippen LogP contribution is 2.24. The molecule has 4 nitrogen and oxygen atoms in total. The van der Waals surface area contributed by atoms with Crippen molar-refractivity contribution in [2.75, 3.05) is 0 Å². The maximum Gasteiger partial charge on any atom is 0.182 e. The third kappa shape index (κ3) is 1.81. The lowest BCUT2D eigenvalue weighted by molar-refractivity contribution is 0.101.